The van der Waals surface area contributed by atoms with Gasteiger partial charge in [-0.2, -0.15) is 4.72 Å². The second-order valence-electron chi connectivity index (χ2n) is 4.07. The molecule has 19 heavy (non-hydrogen) atoms. The summed E-state index contributed by atoms with van der Waals surface area (Å²) < 4.78 is 26.2. The average molecular weight is 283 g/mol. The molecule has 2 N–H and O–H groups in total. The lowest BCUT2D eigenvalue weighted by Gasteiger charge is -2.14. The van der Waals surface area contributed by atoms with Crippen LogP contribution in [-0.2, 0) is 14.8 Å². The summed E-state index contributed by atoms with van der Waals surface area (Å²) in [5.74, 6) is -1.17. The van der Waals surface area contributed by atoms with Crippen molar-refractivity contribution in [3.8, 4) is 0 Å². The molecule has 1 unspecified atom stereocenters. The van der Waals surface area contributed by atoms with Gasteiger partial charge in [-0.05, 0) is 24.1 Å². The Bertz CT molecular complexity index is 549. The molecule has 1 aromatic rings. The Labute approximate surface area is 113 Å². The first kappa shape index (κ1) is 15.4. The first-order valence-corrected chi connectivity index (χ1v) is 7.36. The predicted octanol–water partition coefficient (Wildman–Crippen LogP) is 1.86. The Morgan fingerprint density at radius 1 is 1.42 bits per heavy atom. The minimum absolute atomic E-state index is 0.0421. The number of benzene rings is 1. The molecule has 6 heteroatoms. The summed E-state index contributed by atoms with van der Waals surface area (Å²) in [5.41, 5.74) is 0.794. The standard InChI is InChI=1S/C13H17NO4S/c1-3-5-12(13(15)16)14-19(17,18)11-8-6-10(4-2)7-9-11/h4,6-9,12,14H,2-3,5H2,1H3,(H,15,16). The van der Waals surface area contributed by atoms with Crippen LogP contribution in [0.2, 0.25) is 0 Å². The molecule has 1 rings (SSSR count). The molecule has 0 spiro atoms. The minimum atomic E-state index is -3.82. The molecule has 0 radical (unpaired) electrons. The van der Waals surface area contributed by atoms with E-state index in [0.717, 1.165) is 5.56 Å². The van der Waals surface area contributed by atoms with Gasteiger partial charge < -0.3 is 5.11 Å². The van der Waals surface area contributed by atoms with E-state index in [0.29, 0.717) is 6.42 Å². The second kappa shape index (κ2) is 6.49. The van der Waals surface area contributed by atoms with Gasteiger partial charge in [0.05, 0.1) is 4.90 Å². The zero-order valence-electron chi connectivity index (χ0n) is 10.7. The maximum absolute atomic E-state index is 12.0. The molecule has 0 saturated carbocycles. The lowest BCUT2D eigenvalue weighted by molar-refractivity contribution is -0.139. The highest BCUT2D eigenvalue weighted by Crippen LogP contribution is 2.12. The van der Waals surface area contributed by atoms with Crippen LogP contribution in [0.1, 0.15) is 25.3 Å². The molecule has 0 aliphatic heterocycles. The topological polar surface area (TPSA) is 83.5 Å². The van der Waals surface area contributed by atoms with E-state index in [1.165, 1.54) is 12.1 Å². The number of carboxylic acid groups (broad SMARTS) is 1. The van der Waals surface area contributed by atoms with Crippen LogP contribution in [0, 0.1) is 0 Å². The summed E-state index contributed by atoms with van der Waals surface area (Å²) in [6.07, 6.45) is 2.43. The van der Waals surface area contributed by atoms with Crippen molar-refractivity contribution in [3.63, 3.8) is 0 Å². The number of hydrogen-bond donors (Lipinski definition) is 2. The Kier molecular flexibility index (Phi) is 5.26. The van der Waals surface area contributed by atoms with Gasteiger partial charge in [0.1, 0.15) is 6.04 Å². The molecular formula is C13H17NO4S. The van der Waals surface area contributed by atoms with E-state index >= 15 is 0 Å². The minimum Gasteiger partial charge on any atom is -0.480 e. The van der Waals surface area contributed by atoms with E-state index in [1.807, 2.05) is 0 Å². The van der Waals surface area contributed by atoms with Crippen LogP contribution in [0.4, 0.5) is 0 Å². The van der Waals surface area contributed by atoms with Gasteiger partial charge in [0.25, 0.3) is 0 Å². The van der Waals surface area contributed by atoms with Crippen molar-refractivity contribution in [2.45, 2.75) is 30.7 Å². The van der Waals surface area contributed by atoms with Crippen LogP contribution >= 0.6 is 0 Å². The Morgan fingerprint density at radius 2 is 2.00 bits per heavy atom. The molecule has 0 fully saturated rings. The summed E-state index contributed by atoms with van der Waals surface area (Å²) in [5, 5.41) is 8.96. The molecule has 0 saturated heterocycles. The van der Waals surface area contributed by atoms with Crippen LogP contribution in [-0.4, -0.2) is 25.5 Å². The fraction of sp³-hybridized carbons (Fsp3) is 0.308. The normalized spacial score (nSPS) is 12.9. The van der Waals surface area contributed by atoms with E-state index in [2.05, 4.69) is 11.3 Å². The largest absolute Gasteiger partial charge is 0.480 e. The highest BCUT2D eigenvalue weighted by atomic mass is 32.2. The lowest BCUT2D eigenvalue weighted by atomic mass is 10.2. The highest BCUT2D eigenvalue weighted by molar-refractivity contribution is 7.89. The zero-order valence-corrected chi connectivity index (χ0v) is 11.5. The third-order valence-corrected chi connectivity index (χ3v) is 4.09. The molecular weight excluding hydrogens is 266 g/mol. The van der Waals surface area contributed by atoms with Gasteiger partial charge in [0, 0.05) is 0 Å². The van der Waals surface area contributed by atoms with Gasteiger partial charge >= 0.3 is 5.97 Å². The summed E-state index contributed by atoms with van der Waals surface area (Å²) in [7, 11) is -3.82. The fourth-order valence-corrected chi connectivity index (χ4v) is 2.78. The van der Waals surface area contributed by atoms with Crippen molar-refractivity contribution in [1.29, 1.82) is 0 Å². The number of nitrogens with one attached hydrogen (secondary N) is 1. The first-order chi connectivity index (χ1) is 8.90. The van der Waals surface area contributed by atoms with Crippen molar-refractivity contribution in [2.24, 2.45) is 0 Å². The molecule has 1 aromatic carbocycles. The van der Waals surface area contributed by atoms with Gasteiger partial charge in [-0.15, -0.1) is 0 Å². The lowest BCUT2D eigenvalue weighted by Crippen LogP contribution is -2.40. The molecule has 5 nitrogen and oxygen atoms in total. The van der Waals surface area contributed by atoms with Crippen LogP contribution in [0.3, 0.4) is 0 Å². The van der Waals surface area contributed by atoms with Gasteiger partial charge in [-0.25, -0.2) is 8.42 Å². The molecule has 0 aliphatic rings. The Hall–Kier alpha value is -1.66. The number of aliphatic carboxylic acids is 1. The second-order valence-corrected chi connectivity index (χ2v) is 5.79. The van der Waals surface area contributed by atoms with Gasteiger partial charge in [0.2, 0.25) is 10.0 Å². The number of sulfonamides is 1. The molecule has 1 atom stereocenters. The van der Waals surface area contributed by atoms with E-state index in [-0.39, 0.29) is 11.3 Å². The highest BCUT2D eigenvalue weighted by Gasteiger charge is 2.24. The van der Waals surface area contributed by atoms with Crippen LogP contribution in [0.25, 0.3) is 6.08 Å². The van der Waals surface area contributed by atoms with E-state index in [9.17, 15) is 13.2 Å². The molecule has 0 amide bonds. The molecule has 104 valence electrons. The van der Waals surface area contributed by atoms with Crippen LogP contribution in [0.15, 0.2) is 35.7 Å². The third kappa shape index (κ3) is 4.18. The van der Waals surface area contributed by atoms with Crippen molar-refractivity contribution in [3.05, 3.63) is 36.4 Å². The Balaban J connectivity index is 2.95. The van der Waals surface area contributed by atoms with Crippen molar-refractivity contribution in [2.75, 3.05) is 0 Å². The maximum Gasteiger partial charge on any atom is 0.321 e. The van der Waals surface area contributed by atoms with Gasteiger partial charge in [-0.3, -0.25) is 4.79 Å². The predicted molar refractivity (Wildman–Crippen MR) is 73.2 cm³/mol. The molecule has 0 bridgehead atoms. The zero-order chi connectivity index (χ0) is 14.5. The maximum atomic E-state index is 12.0. The number of hydrogen-bond acceptors (Lipinski definition) is 3. The van der Waals surface area contributed by atoms with Gasteiger partial charge in [0.15, 0.2) is 0 Å². The fourth-order valence-electron chi connectivity index (χ4n) is 1.56. The summed E-state index contributed by atoms with van der Waals surface area (Å²) in [6, 6.07) is 4.96. The van der Waals surface area contributed by atoms with Crippen molar-refractivity contribution < 1.29 is 18.3 Å². The van der Waals surface area contributed by atoms with Crippen molar-refractivity contribution in [1.82, 2.24) is 4.72 Å². The quantitative estimate of drug-likeness (QED) is 0.800. The third-order valence-electron chi connectivity index (χ3n) is 2.60. The molecule has 0 heterocycles. The monoisotopic (exact) mass is 283 g/mol. The number of carboxylic acids is 1. The van der Waals surface area contributed by atoms with E-state index in [4.69, 9.17) is 5.11 Å². The summed E-state index contributed by atoms with van der Waals surface area (Å²) in [6.45, 7) is 5.37. The smallest absolute Gasteiger partial charge is 0.321 e. The molecule has 0 aromatic heterocycles. The Morgan fingerprint density at radius 3 is 2.42 bits per heavy atom. The van der Waals surface area contributed by atoms with Crippen molar-refractivity contribution >= 4 is 22.1 Å². The SMILES string of the molecule is C=Cc1ccc(S(=O)(=O)NC(CCC)C(=O)O)cc1. The summed E-state index contributed by atoms with van der Waals surface area (Å²) in [4.78, 5) is 11.0. The first-order valence-electron chi connectivity index (χ1n) is 5.88. The van der Waals surface area contributed by atoms with Crippen LogP contribution in [0.5, 0.6) is 0 Å². The average Bonchev–Trinajstić information content (AvgIpc) is 2.38. The number of carbonyl (C=O) groups is 1. The molecule has 0 aliphatic carbocycles. The summed E-state index contributed by atoms with van der Waals surface area (Å²) >= 11 is 0. The van der Waals surface area contributed by atoms with Gasteiger partial charge in [-0.1, -0.05) is 38.1 Å². The van der Waals surface area contributed by atoms with E-state index < -0.39 is 22.0 Å². The number of rotatable bonds is 7. The van der Waals surface area contributed by atoms with Crippen LogP contribution < -0.4 is 4.72 Å². The van der Waals surface area contributed by atoms with E-state index in [1.54, 1.807) is 25.1 Å².